The fourth-order valence-electron chi connectivity index (χ4n) is 3.57. The Morgan fingerprint density at radius 3 is 2.75 bits per heavy atom. The Labute approximate surface area is 159 Å². The number of hydrogen-bond acceptors (Lipinski definition) is 7. The first kappa shape index (κ1) is 18.9. The summed E-state index contributed by atoms with van der Waals surface area (Å²) in [6, 6.07) is 5.55. The van der Waals surface area contributed by atoms with Crippen molar-refractivity contribution in [2.24, 2.45) is 0 Å². The van der Waals surface area contributed by atoms with Gasteiger partial charge in [-0.1, -0.05) is 6.07 Å². The third kappa shape index (κ3) is 2.97. The third-order valence-electron chi connectivity index (χ3n) is 5.15. The summed E-state index contributed by atoms with van der Waals surface area (Å²) in [5.41, 5.74) is 1.57. The van der Waals surface area contributed by atoms with Crippen LogP contribution in [0.2, 0.25) is 0 Å². The lowest BCUT2D eigenvalue weighted by Crippen LogP contribution is -2.34. The van der Waals surface area contributed by atoms with Gasteiger partial charge in [0.15, 0.2) is 6.23 Å². The number of aliphatic hydroxyl groups excluding tert-OH is 4. The molecule has 0 spiro atoms. The van der Waals surface area contributed by atoms with Gasteiger partial charge in [0.05, 0.1) is 12.3 Å². The number of rotatable bonds is 4. The Bertz CT molecular complexity index is 1010. The van der Waals surface area contributed by atoms with E-state index in [4.69, 9.17) is 4.74 Å². The lowest BCUT2D eigenvalue weighted by Gasteiger charge is -2.22. The molecular weight excluding hydrogens is 369 g/mol. The first-order chi connectivity index (χ1) is 13.4. The van der Waals surface area contributed by atoms with Crippen LogP contribution in [0.25, 0.3) is 11.0 Å². The highest BCUT2D eigenvalue weighted by Crippen LogP contribution is 2.37. The van der Waals surface area contributed by atoms with E-state index in [0.29, 0.717) is 5.65 Å². The van der Waals surface area contributed by atoms with E-state index in [1.54, 1.807) is 16.8 Å². The van der Waals surface area contributed by atoms with Gasteiger partial charge in [0.2, 0.25) is 0 Å². The van der Waals surface area contributed by atoms with Crippen LogP contribution >= 0.6 is 0 Å². The summed E-state index contributed by atoms with van der Waals surface area (Å²) >= 11 is 0. The first-order valence-corrected chi connectivity index (χ1v) is 8.79. The van der Waals surface area contributed by atoms with Crippen molar-refractivity contribution >= 4 is 11.0 Å². The Kier molecular flexibility index (Phi) is 4.86. The van der Waals surface area contributed by atoms with Crippen molar-refractivity contribution in [1.29, 1.82) is 0 Å². The largest absolute Gasteiger partial charge is 0.392 e. The molecule has 4 rings (SSSR count). The molecule has 5 atom stereocenters. The molecule has 1 aliphatic rings. The second-order valence-corrected chi connectivity index (χ2v) is 6.85. The third-order valence-corrected chi connectivity index (χ3v) is 5.15. The lowest BCUT2D eigenvalue weighted by molar-refractivity contribution is -0.0848. The van der Waals surface area contributed by atoms with E-state index in [1.807, 2.05) is 6.92 Å². The maximum atomic E-state index is 13.6. The Morgan fingerprint density at radius 2 is 2.00 bits per heavy atom. The number of aromatic nitrogens is 3. The average molecular weight is 389 g/mol. The van der Waals surface area contributed by atoms with E-state index < -0.39 is 43.1 Å². The van der Waals surface area contributed by atoms with Crippen molar-refractivity contribution in [2.45, 2.75) is 44.2 Å². The molecule has 3 heterocycles. The van der Waals surface area contributed by atoms with E-state index in [-0.39, 0.29) is 11.1 Å². The highest BCUT2D eigenvalue weighted by Gasteiger charge is 2.47. The molecule has 1 aromatic carbocycles. The van der Waals surface area contributed by atoms with Gasteiger partial charge in [0.1, 0.15) is 42.2 Å². The van der Waals surface area contributed by atoms with Gasteiger partial charge >= 0.3 is 0 Å². The van der Waals surface area contributed by atoms with Crippen LogP contribution in [0, 0.1) is 12.7 Å². The van der Waals surface area contributed by atoms with Gasteiger partial charge in [-0.2, -0.15) is 0 Å². The maximum absolute atomic E-state index is 13.6. The molecule has 1 fully saturated rings. The van der Waals surface area contributed by atoms with Crippen molar-refractivity contribution in [2.75, 3.05) is 0 Å². The molecule has 4 N–H and O–H groups in total. The molecule has 0 aliphatic carbocycles. The number of aliphatic hydroxyl groups is 4. The number of halogens is 1. The Hall–Kier alpha value is -2.43. The van der Waals surface area contributed by atoms with Gasteiger partial charge in [-0.3, -0.25) is 0 Å². The van der Waals surface area contributed by atoms with Crippen LogP contribution in [0.3, 0.4) is 0 Å². The fourth-order valence-corrected chi connectivity index (χ4v) is 3.57. The van der Waals surface area contributed by atoms with Gasteiger partial charge in [0.25, 0.3) is 0 Å². The molecule has 0 saturated carbocycles. The summed E-state index contributed by atoms with van der Waals surface area (Å²) in [6.45, 7) is 1.30. The van der Waals surface area contributed by atoms with Crippen molar-refractivity contribution in [3.63, 3.8) is 0 Å². The molecule has 8 nitrogen and oxygen atoms in total. The van der Waals surface area contributed by atoms with Gasteiger partial charge in [-0.15, -0.1) is 0 Å². The molecule has 0 radical (unpaired) electrons. The van der Waals surface area contributed by atoms with Crippen LogP contribution in [0.1, 0.15) is 29.2 Å². The SMILES string of the molecule is Cc1ncnc2c1ccn2[C@@H]1O[C@H]([C@H](O)c2ccc(F)c(CO)c2)[C@@H](O)[C@H]1O. The molecule has 28 heavy (non-hydrogen) atoms. The molecule has 2 aromatic heterocycles. The summed E-state index contributed by atoms with van der Waals surface area (Å²) in [5.74, 6) is -0.599. The van der Waals surface area contributed by atoms with Crippen LogP contribution in [0.15, 0.2) is 36.8 Å². The Balaban J connectivity index is 1.65. The average Bonchev–Trinajstić information content (AvgIpc) is 3.24. The summed E-state index contributed by atoms with van der Waals surface area (Å²) < 4.78 is 21.0. The van der Waals surface area contributed by atoms with E-state index in [1.165, 1.54) is 18.5 Å². The van der Waals surface area contributed by atoms with Gasteiger partial charge < -0.3 is 29.7 Å². The van der Waals surface area contributed by atoms with E-state index in [9.17, 15) is 24.8 Å². The van der Waals surface area contributed by atoms with Crippen LogP contribution < -0.4 is 0 Å². The summed E-state index contributed by atoms with van der Waals surface area (Å²) in [5, 5.41) is 41.6. The predicted octanol–water partition coefficient (Wildman–Crippen LogP) is 0.724. The quantitative estimate of drug-likeness (QED) is 0.519. The van der Waals surface area contributed by atoms with E-state index in [0.717, 1.165) is 17.1 Å². The topological polar surface area (TPSA) is 121 Å². The summed E-state index contributed by atoms with van der Waals surface area (Å²) in [4.78, 5) is 8.33. The van der Waals surface area contributed by atoms with Gasteiger partial charge in [-0.05, 0) is 30.7 Å². The molecular formula is C19H20FN3O5. The minimum Gasteiger partial charge on any atom is -0.392 e. The number of aryl methyl sites for hydroxylation is 1. The predicted molar refractivity (Wildman–Crippen MR) is 95.5 cm³/mol. The lowest BCUT2D eigenvalue weighted by atomic mass is 9.97. The van der Waals surface area contributed by atoms with Crippen molar-refractivity contribution < 1.29 is 29.6 Å². The number of fused-ring (bicyclic) bond motifs is 1. The number of nitrogens with zero attached hydrogens (tertiary/aromatic N) is 3. The molecule has 148 valence electrons. The van der Waals surface area contributed by atoms with E-state index in [2.05, 4.69) is 9.97 Å². The zero-order valence-corrected chi connectivity index (χ0v) is 15.0. The Morgan fingerprint density at radius 1 is 1.21 bits per heavy atom. The minimum absolute atomic E-state index is 0.0183. The second-order valence-electron chi connectivity index (χ2n) is 6.85. The van der Waals surface area contributed by atoms with Gasteiger partial charge in [0, 0.05) is 17.1 Å². The van der Waals surface area contributed by atoms with Crippen LogP contribution in [-0.4, -0.2) is 53.3 Å². The summed E-state index contributed by atoms with van der Waals surface area (Å²) in [6.07, 6.45) is -3.10. The minimum atomic E-state index is -1.39. The van der Waals surface area contributed by atoms with Crippen molar-refractivity contribution in [3.05, 3.63) is 59.4 Å². The van der Waals surface area contributed by atoms with Crippen LogP contribution in [0.4, 0.5) is 4.39 Å². The first-order valence-electron chi connectivity index (χ1n) is 8.79. The van der Waals surface area contributed by atoms with E-state index >= 15 is 0 Å². The number of hydrogen-bond donors (Lipinski definition) is 4. The molecule has 0 amide bonds. The highest BCUT2D eigenvalue weighted by molar-refractivity contribution is 5.78. The molecule has 1 saturated heterocycles. The van der Waals surface area contributed by atoms with Crippen molar-refractivity contribution in [3.8, 4) is 0 Å². The normalized spacial score (nSPS) is 26.1. The van der Waals surface area contributed by atoms with Crippen molar-refractivity contribution in [1.82, 2.24) is 14.5 Å². The zero-order valence-electron chi connectivity index (χ0n) is 15.0. The van der Waals surface area contributed by atoms with Crippen LogP contribution in [-0.2, 0) is 11.3 Å². The zero-order chi connectivity index (χ0) is 20.0. The maximum Gasteiger partial charge on any atom is 0.164 e. The van der Waals surface area contributed by atoms with Gasteiger partial charge in [-0.25, -0.2) is 14.4 Å². The molecule has 0 unspecified atom stereocenters. The monoisotopic (exact) mass is 389 g/mol. The molecule has 0 bridgehead atoms. The number of ether oxygens (including phenoxy) is 1. The molecule has 3 aromatic rings. The molecule has 1 aliphatic heterocycles. The highest BCUT2D eigenvalue weighted by atomic mass is 19.1. The molecule has 9 heteroatoms. The number of benzene rings is 1. The summed E-state index contributed by atoms with van der Waals surface area (Å²) in [7, 11) is 0. The standard InChI is InChI=1S/C19H20FN3O5/c1-9-12-4-5-23(18(12)22-8-21-9)19-16(27)15(26)17(28-19)14(25)10-2-3-13(20)11(6-10)7-24/h2-6,8,14-17,19,24-27H,7H2,1H3/t14-,15+,16-,17-,19-/m1/s1. The smallest absolute Gasteiger partial charge is 0.164 e. The second kappa shape index (κ2) is 7.19. The van der Waals surface area contributed by atoms with Crippen LogP contribution in [0.5, 0.6) is 0 Å². The fraction of sp³-hybridized carbons (Fsp3) is 0.368.